The van der Waals surface area contributed by atoms with Crippen molar-refractivity contribution >= 4 is 0 Å². The van der Waals surface area contributed by atoms with Gasteiger partial charge >= 0.3 is 0 Å². The molecule has 21 heavy (non-hydrogen) atoms. The number of aliphatic hydroxyl groups is 1. The van der Waals surface area contributed by atoms with Gasteiger partial charge in [0.25, 0.3) is 0 Å². The van der Waals surface area contributed by atoms with E-state index in [4.69, 9.17) is 9.84 Å². The van der Waals surface area contributed by atoms with Crippen LogP contribution < -0.4 is 4.74 Å². The molecule has 0 amide bonds. The molecule has 0 aliphatic carbocycles. The third-order valence-electron chi connectivity index (χ3n) is 3.82. The summed E-state index contributed by atoms with van der Waals surface area (Å²) in [6.07, 6.45) is 1.24. The molecule has 2 rings (SSSR count). The van der Waals surface area contributed by atoms with Crippen LogP contribution in [0.3, 0.4) is 0 Å². The second kappa shape index (κ2) is 8.04. The number of hydrogen-bond acceptors (Lipinski definition) is 4. The first-order valence-corrected chi connectivity index (χ1v) is 7.40. The Bertz CT molecular complexity index is 488. The van der Waals surface area contributed by atoms with Crippen molar-refractivity contribution in [3.63, 3.8) is 0 Å². The zero-order valence-corrected chi connectivity index (χ0v) is 12.9. The standard InChI is InChI=1S/C17H24N2O2/c1-18(2)16-9-10-19(14-16)11-13-21-17-7-5-15(6-8-17)4-3-12-20/h5-8,16,20H,9-14H2,1-2H3. The Hall–Kier alpha value is -1.54. The summed E-state index contributed by atoms with van der Waals surface area (Å²) in [5.41, 5.74) is 0.893. The number of benzene rings is 1. The van der Waals surface area contributed by atoms with Crippen molar-refractivity contribution in [1.82, 2.24) is 9.80 Å². The van der Waals surface area contributed by atoms with E-state index in [-0.39, 0.29) is 6.61 Å². The summed E-state index contributed by atoms with van der Waals surface area (Å²) in [4.78, 5) is 4.75. The van der Waals surface area contributed by atoms with Crippen LogP contribution in [-0.4, -0.2) is 67.9 Å². The Morgan fingerprint density at radius 2 is 2.10 bits per heavy atom. The lowest BCUT2D eigenvalue weighted by molar-refractivity contribution is 0.220. The molecule has 1 aliphatic rings. The first kappa shape index (κ1) is 15.8. The van der Waals surface area contributed by atoms with Gasteiger partial charge in [0, 0.05) is 24.7 Å². The van der Waals surface area contributed by atoms with E-state index in [1.807, 2.05) is 24.3 Å². The van der Waals surface area contributed by atoms with Crippen molar-refractivity contribution in [3.8, 4) is 17.6 Å². The molecule has 0 saturated carbocycles. The zero-order chi connectivity index (χ0) is 15.1. The average Bonchev–Trinajstić information content (AvgIpc) is 2.95. The molecule has 4 nitrogen and oxygen atoms in total. The summed E-state index contributed by atoms with van der Waals surface area (Å²) >= 11 is 0. The second-order valence-corrected chi connectivity index (χ2v) is 5.54. The van der Waals surface area contributed by atoms with Gasteiger partial charge in [-0.05, 0) is 51.3 Å². The predicted molar refractivity (Wildman–Crippen MR) is 84.4 cm³/mol. The summed E-state index contributed by atoms with van der Waals surface area (Å²) in [5, 5.41) is 8.65. The van der Waals surface area contributed by atoms with E-state index in [0.29, 0.717) is 12.6 Å². The summed E-state index contributed by atoms with van der Waals surface area (Å²) < 4.78 is 5.77. The molecule has 1 atom stereocenters. The van der Waals surface area contributed by atoms with Crippen LogP contribution in [0.4, 0.5) is 0 Å². The number of aliphatic hydroxyl groups excluding tert-OH is 1. The molecule has 0 bridgehead atoms. The Balaban J connectivity index is 1.71. The van der Waals surface area contributed by atoms with E-state index in [2.05, 4.69) is 35.7 Å². The Morgan fingerprint density at radius 3 is 2.71 bits per heavy atom. The summed E-state index contributed by atoms with van der Waals surface area (Å²) in [6, 6.07) is 8.35. The highest BCUT2D eigenvalue weighted by molar-refractivity contribution is 5.38. The number of ether oxygens (including phenoxy) is 1. The molecule has 0 spiro atoms. The molecule has 1 aromatic rings. The average molecular weight is 288 g/mol. The summed E-state index contributed by atoms with van der Waals surface area (Å²) in [7, 11) is 4.29. The highest BCUT2D eigenvalue weighted by Crippen LogP contribution is 2.14. The molecular formula is C17H24N2O2. The van der Waals surface area contributed by atoms with Gasteiger partial charge in [0.1, 0.15) is 19.0 Å². The molecule has 0 aromatic heterocycles. The van der Waals surface area contributed by atoms with E-state index in [0.717, 1.165) is 30.9 Å². The molecular weight excluding hydrogens is 264 g/mol. The monoisotopic (exact) mass is 288 g/mol. The SMILES string of the molecule is CN(C)C1CCN(CCOc2ccc(C#CCO)cc2)C1. The van der Waals surface area contributed by atoms with Crippen LogP contribution in [0.15, 0.2) is 24.3 Å². The smallest absolute Gasteiger partial charge is 0.119 e. The summed E-state index contributed by atoms with van der Waals surface area (Å²) in [5.74, 6) is 6.37. The lowest BCUT2D eigenvalue weighted by Gasteiger charge is -2.20. The minimum Gasteiger partial charge on any atom is -0.492 e. The van der Waals surface area contributed by atoms with Crippen LogP contribution in [0, 0.1) is 11.8 Å². The molecule has 1 aromatic carbocycles. The molecule has 1 aliphatic heterocycles. The van der Waals surface area contributed by atoms with Crippen molar-refractivity contribution in [2.24, 2.45) is 0 Å². The molecule has 1 saturated heterocycles. The van der Waals surface area contributed by atoms with Crippen LogP contribution in [-0.2, 0) is 0 Å². The first-order valence-electron chi connectivity index (χ1n) is 7.40. The van der Waals surface area contributed by atoms with Gasteiger partial charge in [-0.15, -0.1) is 0 Å². The molecule has 1 N–H and O–H groups in total. The van der Waals surface area contributed by atoms with Gasteiger partial charge in [-0.25, -0.2) is 0 Å². The maximum Gasteiger partial charge on any atom is 0.119 e. The maximum atomic E-state index is 8.65. The molecule has 1 unspecified atom stereocenters. The Labute approximate surface area is 127 Å². The molecule has 114 valence electrons. The summed E-state index contributed by atoms with van der Waals surface area (Å²) in [6.45, 7) is 3.86. The first-order chi connectivity index (χ1) is 10.2. The third-order valence-corrected chi connectivity index (χ3v) is 3.82. The van der Waals surface area contributed by atoms with Crippen LogP contribution >= 0.6 is 0 Å². The minimum atomic E-state index is -0.109. The van der Waals surface area contributed by atoms with Gasteiger partial charge in [0.2, 0.25) is 0 Å². The highest BCUT2D eigenvalue weighted by atomic mass is 16.5. The van der Waals surface area contributed by atoms with Gasteiger partial charge in [-0.2, -0.15) is 0 Å². The van der Waals surface area contributed by atoms with Crippen molar-refractivity contribution in [2.45, 2.75) is 12.5 Å². The van der Waals surface area contributed by atoms with Crippen molar-refractivity contribution in [2.75, 3.05) is 46.9 Å². The topological polar surface area (TPSA) is 35.9 Å². The van der Waals surface area contributed by atoms with E-state index < -0.39 is 0 Å². The van der Waals surface area contributed by atoms with E-state index in [9.17, 15) is 0 Å². The van der Waals surface area contributed by atoms with Gasteiger partial charge in [-0.3, -0.25) is 4.90 Å². The van der Waals surface area contributed by atoms with E-state index in [1.165, 1.54) is 6.42 Å². The zero-order valence-electron chi connectivity index (χ0n) is 12.9. The quantitative estimate of drug-likeness (QED) is 0.822. The van der Waals surface area contributed by atoms with Crippen molar-refractivity contribution in [1.29, 1.82) is 0 Å². The van der Waals surface area contributed by atoms with Crippen LogP contribution in [0.1, 0.15) is 12.0 Å². The maximum absolute atomic E-state index is 8.65. The predicted octanol–water partition coefficient (Wildman–Crippen LogP) is 1.05. The number of rotatable bonds is 5. The van der Waals surface area contributed by atoms with Crippen LogP contribution in [0.5, 0.6) is 5.75 Å². The van der Waals surface area contributed by atoms with E-state index in [1.54, 1.807) is 0 Å². The van der Waals surface area contributed by atoms with Crippen molar-refractivity contribution < 1.29 is 9.84 Å². The Kier molecular flexibility index (Phi) is 6.06. The molecule has 1 heterocycles. The van der Waals surface area contributed by atoms with Gasteiger partial charge in [-0.1, -0.05) is 11.8 Å². The fourth-order valence-corrected chi connectivity index (χ4v) is 2.51. The lowest BCUT2D eigenvalue weighted by Crippen LogP contribution is -2.33. The lowest BCUT2D eigenvalue weighted by atomic mass is 10.2. The normalized spacial score (nSPS) is 18.6. The fourth-order valence-electron chi connectivity index (χ4n) is 2.51. The fraction of sp³-hybridized carbons (Fsp3) is 0.529. The van der Waals surface area contributed by atoms with Crippen LogP contribution in [0.2, 0.25) is 0 Å². The van der Waals surface area contributed by atoms with Gasteiger partial charge in [0.05, 0.1) is 0 Å². The molecule has 0 radical (unpaired) electrons. The number of hydrogen-bond donors (Lipinski definition) is 1. The third kappa shape index (κ3) is 5.05. The van der Waals surface area contributed by atoms with Crippen LogP contribution in [0.25, 0.3) is 0 Å². The molecule has 1 fully saturated rings. The Morgan fingerprint density at radius 1 is 1.33 bits per heavy atom. The van der Waals surface area contributed by atoms with Gasteiger partial charge in [0.15, 0.2) is 0 Å². The largest absolute Gasteiger partial charge is 0.492 e. The number of likely N-dealkylation sites (tertiary alicyclic amines) is 1. The second-order valence-electron chi connectivity index (χ2n) is 5.54. The highest BCUT2D eigenvalue weighted by Gasteiger charge is 2.23. The van der Waals surface area contributed by atoms with E-state index >= 15 is 0 Å². The van der Waals surface area contributed by atoms with Gasteiger partial charge < -0.3 is 14.7 Å². The number of likely N-dealkylation sites (N-methyl/N-ethyl adjacent to an activating group) is 1. The minimum absolute atomic E-state index is 0.109. The molecule has 4 heteroatoms. The number of nitrogens with zero attached hydrogens (tertiary/aromatic N) is 2. The van der Waals surface area contributed by atoms with Crippen molar-refractivity contribution in [3.05, 3.63) is 29.8 Å².